The van der Waals surface area contributed by atoms with E-state index >= 15 is 0 Å². The Balaban J connectivity index is 1.72. The van der Waals surface area contributed by atoms with Crippen molar-refractivity contribution in [1.29, 1.82) is 0 Å². The molecule has 5 heteroatoms. The van der Waals surface area contributed by atoms with Gasteiger partial charge in [0.2, 0.25) is 0 Å². The van der Waals surface area contributed by atoms with E-state index in [-0.39, 0.29) is 17.6 Å². The molecule has 1 saturated carbocycles. The van der Waals surface area contributed by atoms with Crippen LogP contribution in [-0.4, -0.2) is 11.8 Å². The smallest absolute Gasteiger partial charge is 0.344 e. The molecule has 2 bridgehead atoms. The van der Waals surface area contributed by atoms with E-state index in [0.717, 1.165) is 24.8 Å². The lowest BCUT2D eigenvalue weighted by molar-refractivity contribution is -0.118. The van der Waals surface area contributed by atoms with E-state index in [4.69, 9.17) is 9.15 Å². The zero-order valence-electron chi connectivity index (χ0n) is 13.6. The highest BCUT2D eigenvalue weighted by atomic mass is 32.1. The Morgan fingerprint density at radius 2 is 2.00 bits per heavy atom. The number of hydrogen-bond acceptors (Lipinski definition) is 5. The highest BCUT2D eigenvalue weighted by Gasteiger charge is 2.37. The molecular formula is C19H18O4S. The van der Waals surface area contributed by atoms with Crippen molar-refractivity contribution < 1.29 is 18.7 Å². The van der Waals surface area contributed by atoms with Crippen LogP contribution in [-0.2, 0) is 9.53 Å². The van der Waals surface area contributed by atoms with Crippen LogP contribution in [0.5, 0.6) is 0 Å². The average molecular weight is 342 g/mol. The van der Waals surface area contributed by atoms with Crippen molar-refractivity contribution in [3.05, 3.63) is 40.9 Å². The number of fused-ring (bicyclic) bond motifs is 3. The molecule has 4 nitrogen and oxygen atoms in total. The summed E-state index contributed by atoms with van der Waals surface area (Å²) in [5.41, 5.74) is 2.02. The van der Waals surface area contributed by atoms with Crippen molar-refractivity contribution in [2.24, 2.45) is 11.8 Å². The predicted molar refractivity (Wildman–Crippen MR) is 92.3 cm³/mol. The van der Waals surface area contributed by atoms with Crippen LogP contribution in [0.4, 0.5) is 0 Å². The average Bonchev–Trinajstić information content (AvgIpc) is 3.11. The molecule has 1 aromatic carbocycles. The number of furan rings is 1. The topological polar surface area (TPSA) is 56.5 Å². The van der Waals surface area contributed by atoms with Crippen molar-refractivity contribution in [1.82, 2.24) is 0 Å². The van der Waals surface area contributed by atoms with E-state index in [0.29, 0.717) is 32.9 Å². The lowest BCUT2D eigenvalue weighted by Crippen LogP contribution is -2.19. The largest absolute Gasteiger partial charge is 0.460 e. The number of carbonyl (C=O) groups excluding carboxylic acids is 2. The Hall–Kier alpha value is -2.01. The highest BCUT2D eigenvalue weighted by Crippen LogP contribution is 2.41. The van der Waals surface area contributed by atoms with Gasteiger partial charge in [-0.3, -0.25) is 4.79 Å². The fraction of sp³-hybridized carbons (Fsp3) is 0.368. The third kappa shape index (κ3) is 2.30. The summed E-state index contributed by atoms with van der Waals surface area (Å²) in [6.07, 6.45) is 4.10. The van der Waals surface area contributed by atoms with Crippen LogP contribution < -0.4 is 0 Å². The fourth-order valence-electron chi connectivity index (χ4n) is 3.75. The van der Waals surface area contributed by atoms with Gasteiger partial charge in [0, 0.05) is 23.3 Å². The molecule has 0 N–H and O–H groups in total. The van der Waals surface area contributed by atoms with Gasteiger partial charge in [-0.2, -0.15) is 0 Å². The third-order valence-electron chi connectivity index (χ3n) is 5.13. The molecule has 0 radical (unpaired) electrons. The maximum absolute atomic E-state index is 12.7. The number of thiol groups is 1. The second-order valence-electron chi connectivity index (χ2n) is 6.69. The first-order valence-electron chi connectivity index (χ1n) is 8.15. The minimum absolute atomic E-state index is 0.0784. The van der Waals surface area contributed by atoms with Gasteiger partial charge in [0.1, 0.15) is 17.1 Å². The highest BCUT2D eigenvalue weighted by molar-refractivity contribution is 7.80. The number of allylic oxidation sites excluding steroid dienone is 2. The maximum atomic E-state index is 12.7. The fourth-order valence-corrected chi connectivity index (χ4v) is 4.02. The van der Waals surface area contributed by atoms with Crippen molar-refractivity contribution in [2.45, 2.75) is 38.0 Å². The quantitative estimate of drug-likeness (QED) is 0.650. The molecule has 1 heterocycles. The van der Waals surface area contributed by atoms with Gasteiger partial charge in [-0.25, -0.2) is 4.79 Å². The van der Waals surface area contributed by atoms with Gasteiger partial charge < -0.3 is 9.15 Å². The second kappa shape index (κ2) is 5.52. The van der Waals surface area contributed by atoms with Gasteiger partial charge in [-0.05, 0) is 44.7 Å². The summed E-state index contributed by atoms with van der Waals surface area (Å²) >= 11 is 4.48. The van der Waals surface area contributed by atoms with Crippen molar-refractivity contribution in [2.75, 3.05) is 0 Å². The first kappa shape index (κ1) is 15.5. The van der Waals surface area contributed by atoms with E-state index in [9.17, 15) is 9.59 Å². The normalized spacial score (nSPS) is 22.8. The molecule has 4 rings (SSSR count). The molecule has 0 aliphatic heterocycles. The van der Waals surface area contributed by atoms with Crippen molar-refractivity contribution in [3.8, 4) is 0 Å². The summed E-state index contributed by atoms with van der Waals surface area (Å²) in [6.45, 7) is 3.74. The Kier molecular flexibility index (Phi) is 3.57. The molecule has 0 saturated heterocycles. The number of esters is 1. The molecule has 2 aliphatic rings. The van der Waals surface area contributed by atoms with Crippen LogP contribution in [0.15, 0.2) is 33.3 Å². The predicted octanol–water partition coefficient (Wildman–Crippen LogP) is 4.38. The Morgan fingerprint density at radius 1 is 1.25 bits per heavy atom. The third-order valence-corrected chi connectivity index (χ3v) is 5.67. The summed E-state index contributed by atoms with van der Waals surface area (Å²) in [4.78, 5) is 25.4. The minimum atomic E-state index is -0.458. The summed E-state index contributed by atoms with van der Waals surface area (Å²) < 4.78 is 11.3. The lowest BCUT2D eigenvalue weighted by Gasteiger charge is -2.19. The molecule has 2 unspecified atom stereocenters. The standard InChI is InChI=1S/C19H18O4S/c1-9-3-6-13(16-17(9)22-10(2)18(16)24)19(21)23-15-8-14(20)11-4-5-12(15)7-11/h3,6,8,11-12,24H,4-5,7H2,1-2H3. The van der Waals surface area contributed by atoms with E-state index in [2.05, 4.69) is 12.6 Å². The minimum Gasteiger partial charge on any atom is -0.460 e. The zero-order chi connectivity index (χ0) is 17.0. The number of hydrogen-bond donors (Lipinski definition) is 1. The van der Waals surface area contributed by atoms with Crippen LogP contribution in [0.2, 0.25) is 0 Å². The summed E-state index contributed by atoms with van der Waals surface area (Å²) in [6, 6.07) is 3.57. The van der Waals surface area contributed by atoms with Gasteiger partial charge >= 0.3 is 5.97 Å². The molecular weight excluding hydrogens is 324 g/mol. The molecule has 124 valence electrons. The lowest BCUT2D eigenvalue weighted by atomic mass is 9.93. The van der Waals surface area contributed by atoms with E-state index < -0.39 is 5.97 Å². The molecule has 1 aromatic heterocycles. The number of aryl methyl sites for hydroxylation is 2. The summed E-state index contributed by atoms with van der Waals surface area (Å²) in [5, 5.41) is 0.674. The Labute approximate surface area is 145 Å². The summed E-state index contributed by atoms with van der Waals surface area (Å²) in [7, 11) is 0. The Morgan fingerprint density at radius 3 is 2.79 bits per heavy atom. The number of benzene rings is 1. The molecule has 0 spiro atoms. The van der Waals surface area contributed by atoms with E-state index in [1.54, 1.807) is 6.07 Å². The second-order valence-corrected chi connectivity index (χ2v) is 7.13. The molecule has 1 fully saturated rings. The Bertz CT molecular complexity index is 906. The van der Waals surface area contributed by atoms with Crippen LogP contribution in [0, 0.1) is 25.7 Å². The van der Waals surface area contributed by atoms with Gasteiger partial charge in [-0.1, -0.05) is 6.07 Å². The van der Waals surface area contributed by atoms with Crippen LogP contribution >= 0.6 is 12.6 Å². The maximum Gasteiger partial charge on any atom is 0.344 e. The number of ketones is 1. The number of carbonyl (C=O) groups is 2. The van der Waals surface area contributed by atoms with E-state index in [1.165, 1.54) is 6.08 Å². The SMILES string of the molecule is Cc1oc2c(C)ccc(C(=O)OC3=CC(=O)C4CCC3C4)c2c1S. The number of rotatable bonds is 2. The van der Waals surface area contributed by atoms with E-state index in [1.807, 2.05) is 19.9 Å². The van der Waals surface area contributed by atoms with Crippen LogP contribution in [0.3, 0.4) is 0 Å². The molecule has 24 heavy (non-hydrogen) atoms. The van der Waals surface area contributed by atoms with Crippen LogP contribution in [0.25, 0.3) is 11.0 Å². The first-order chi connectivity index (χ1) is 11.5. The van der Waals surface area contributed by atoms with Gasteiger partial charge in [0.25, 0.3) is 0 Å². The van der Waals surface area contributed by atoms with Crippen molar-refractivity contribution >= 4 is 35.4 Å². The zero-order valence-corrected chi connectivity index (χ0v) is 14.5. The van der Waals surface area contributed by atoms with Gasteiger partial charge in [0.15, 0.2) is 5.78 Å². The monoisotopic (exact) mass is 342 g/mol. The molecule has 0 amide bonds. The number of ether oxygens (including phenoxy) is 1. The molecule has 2 aromatic rings. The van der Waals surface area contributed by atoms with Crippen molar-refractivity contribution in [3.63, 3.8) is 0 Å². The molecule has 2 aliphatic carbocycles. The van der Waals surface area contributed by atoms with Gasteiger partial charge in [-0.15, -0.1) is 12.6 Å². The summed E-state index contributed by atoms with van der Waals surface area (Å²) in [5.74, 6) is 1.09. The van der Waals surface area contributed by atoms with Crippen LogP contribution in [0.1, 0.15) is 40.9 Å². The molecule has 2 atom stereocenters. The first-order valence-corrected chi connectivity index (χ1v) is 8.59. The van der Waals surface area contributed by atoms with Gasteiger partial charge in [0.05, 0.1) is 10.5 Å².